The molecule has 5 heteroatoms. The van der Waals surface area contributed by atoms with E-state index in [-0.39, 0.29) is 12.2 Å². The van der Waals surface area contributed by atoms with E-state index in [1.165, 1.54) is 0 Å². The molecule has 0 amide bonds. The smallest absolute Gasteiger partial charge is 0.303 e. The first kappa shape index (κ1) is 11.4. The summed E-state index contributed by atoms with van der Waals surface area (Å²) in [7, 11) is -3.09. The lowest BCUT2D eigenvalue weighted by Crippen LogP contribution is -2.26. The number of hydrogen-bond donors (Lipinski definition) is 1. The van der Waals surface area contributed by atoms with Crippen LogP contribution < -0.4 is 0 Å². The molecule has 0 aliphatic heterocycles. The number of carboxylic acids is 1. The second-order valence-corrected chi connectivity index (χ2v) is 5.94. The molecule has 0 aliphatic rings. The molecule has 0 fully saturated rings. The maximum absolute atomic E-state index is 10.8. The molecule has 0 aliphatic carbocycles. The van der Waals surface area contributed by atoms with Gasteiger partial charge in [-0.2, -0.15) is 0 Å². The van der Waals surface area contributed by atoms with Gasteiger partial charge < -0.3 is 5.11 Å². The van der Waals surface area contributed by atoms with Crippen LogP contribution in [-0.4, -0.2) is 31.5 Å². The van der Waals surface area contributed by atoms with Crippen LogP contribution in [-0.2, 0) is 14.6 Å². The van der Waals surface area contributed by atoms with Crippen molar-refractivity contribution in [2.75, 3.05) is 12.0 Å². The second-order valence-electron chi connectivity index (χ2n) is 3.80. The molecule has 0 atom stereocenters. The molecule has 0 rings (SSSR count). The molecule has 0 radical (unpaired) electrons. The van der Waals surface area contributed by atoms with E-state index in [9.17, 15) is 13.2 Å². The molecule has 4 nitrogen and oxygen atoms in total. The van der Waals surface area contributed by atoms with Crippen LogP contribution in [0.5, 0.6) is 0 Å². The van der Waals surface area contributed by atoms with E-state index in [2.05, 4.69) is 0 Å². The van der Waals surface area contributed by atoms with Gasteiger partial charge in [0.05, 0.1) is 12.2 Å². The van der Waals surface area contributed by atoms with Crippen molar-refractivity contribution >= 4 is 15.8 Å². The molecule has 0 spiro atoms. The summed E-state index contributed by atoms with van der Waals surface area (Å²) in [5.41, 5.74) is -0.681. The zero-order valence-corrected chi connectivity index (χ0v) is 8.31. The summed E-state index contributed by atoms with van der Waals surface area (Å²) in [5.74, 6) is -1.06. The van der Waals surface area contributed by atoms with Gasteiger partial charge in [-0.05, 0) is 5.41 Å². The summed E-state index contributed by atoms with van der Waals surface area (Å²) >= 11 is 0. The third-order valence-electron chi connectivity index (χ3n) is 1.28. The monoisotopic (exact) mass is 194 g/mol. The lowest BCUT2D eigenvalue weighted by atomic mass is 9.92. The highest BCUT2D eigenvalue weighted by molar-refractivity contribution is 7.90. The Kier molecular flexibility index (Phi) is 3.26. The van der Waals surface area contributed by atoms with E-state index in [1.807, 2.05) is 0 Å². The Morgan fingerprint density at radius 1 is 1.42 bits per heavy atom. The SMILES string of the molecule is CC(C)(CC(=O)O)CS(C)(=O)=O. The van der Waals surface area contributed by atoms with Crippen LogP contribution >= 0.6 is 0 Å². The first-order valence-corrected chi connectivity index (χ1v) is 5.58. The van der Waals surface area contributed by atoms with Crippen molar-refractivity contribution in [1.82, 2.24) is 0 Å². The number of sulfone groups is 1. The number of carbonyl (C=O) groups is 1. The third kappa shape index (κ3) is 6.15. The van der Waals surface area contributed by atoms with Gasteiger partial charge in [-0.3, -0.25) is 4.79 Å². The van der Waals surface area contributed by atoms with Gasteiger partial charge in [0.1, 0.15) is 9.84 Å². The van der Waals surface area contributed by atoms with Crippen LogP contribution in [0.3, 0.4) is 0 Å². The molecule has 0 saturated carbocycles. The fourth-order valence-electron chi connectivity index (χ4n) is 1.17. The van der Waals surface area contributed by atoms with E-state index in [0.717, 1.165) is 6.26 Å². The Balaban J connectivity index is 4.33. The predicted octanol–water partition coefficient (Wildman–Crippen LogP) is 0.532. The Morgan fingerprint density at radius 2 is 1.83 bits per heavy atom. The Labute approximate surface area is 72.5 Å². The molecule has 0 aromatic heterocycles. The van der Waals surface area contributed by atoms with E-state index >= 15 is 0 Å². The average Bonchev–Trinajstić information content (AvgIpc) is 1.48. The van der Waals surface area contributed by atoms with Crippen molar-refractivity contribution in [2.45, 2.75) is 20.3 Å². The highest BCUT2D eigenvalue weighted by Crippen LogP contribution is 2.21. The normalized spacial score (nSPS) is 12.9. The van der Waals surface area contributed by atoms with Gasteiger partial charge in [0.25, 0.3) is 0 Å². The molecular weight excluding hydrogens is 180 g/mol. The second kappa shape index (κ2) is 3.43. The molecule has 0 unspecified atom stereocenters. The fourth-order valence-corrected chi connectivity index (χ4v) is 2.69. The summed E-state index contributed by atoms with van der Waals surface area (Å²) in [6.07, 6.45) is 0.983. The lowest BCUT2D eigenvalue weighted by molar-refractivity contribution is -0.138. The van der Waals surface area contributed by atoms with E-state index in [4.69, 9.17) is 5.11 Å². The molecule has 0 aromatic rings. The zero-order valence-electron chi connectivity index (χ0n) is 7.49. The van der Waals surface area contributed by atoms with Crippen LogP contribution in [0.1, 0.15) is 20.3 Å². The molecule has 0 saturated heterocycles. The predicted molar refractivity (Wildman–Crippen MR) is 45.7 cm³/mol. The summed E-state index contributed by atoms with van der Waals surface area (Å²) in [6, 6.07) is 0. The molecule has 72 valence electrons. The largest absolute Gasteiger partial charge is 0.481 e. The average molecular weight is 194 g/mol. The van der Waals surface area contributed by atoms with Crippen LogP contribution in [0.15, 0.2) is 0 Å². The summed E-state index contributed by atoms with van der Waals surface area (Å²) < 4.78 is 21.7. The highest BCUT2D eigenvalue weighted by atomic mass is 32.2. The van der Waals surface area contributed by atoms with Crippen molar-refractivity contribution in [3.8, 4) is 0 Å². The van der Waals surface area contributed by atoms with Crippen molar-refractivity contribution in [1.29, 1.82) is 0 Å². The number of rotatable bonds is 4. The standard InChI is InChI=1S/C7H14O4S/c1-7(2,4-6(8)9)5-12(3,10)11/h4-5H2,1-3H3,(H,8,9). The lowest BCUT2D eigenvalue weighted by Gasteiger charge is -2.20. The van der Waals surface area contributed by atoms with Crippen LogP contribution in [0.25, 0.3) is 0 Å². The quantitative estimate of drug-likeness (QED) is 0.708. The van der Waals surface area contributed by atoms with Crippen LogP contribution in [0.2, 0.25) is 0 Å². The van der Waals surface area contributed by atoms with Gasteiger partial charge in [-0.25, -0.2) is 8.42 Å². The van der Waals surface area contributed by atoms with Gasteiger partial charge in [-0.15, -0.1) is 0 Å². The third-order valence-corrected chi connectivity index (χ3v) is 2.59. The minimum atomic E-state index is -3.09. The number of carboxylic acid groups (broad SMARTS) is 1. The van der Waals surface area contributed by atoms with E-state index in [0.29, 0.717) is 0 Å². The number of aliphatic carboxylic acids is 1. The summed E-state index contributed by atoms with van der Waals surface area (Å²) in [5, 5.41) is 8.45. The van der Waals surface area contributed by atoms with E-state index in [1.54, 1.807) is 13.8 Å². The fraction of sp³-hybridized carbons (Fsp3) is 0.857. The maximum Gasteiger partial charge on any atom is 0.303 e. The van der Waals surface area contributed by atoms with Crippen molar-refractivity contribution < 1.29 is 18.3 Å². The minimum absolute atomic E-state index is 0.0910. The zero-order chi connectivity index (χ0) is 9.99. The topological polar surface area (TPSA) is 71.4 Å². The summed E-state index contributed by atoms with van der Waals surface area (Å²) in [4.78, 5) is 10.3. The molecular formula is C7H14O4S. The molecule has 1 N–H and O–H groups in total. The highest BCUT2D eigenvalue weighted by Gasteiger charge is 2.26. The first-order valence-electron chi connectivity index (χ1n) is 3.52. The summed E-state index contributed by atoms with van der Waals surface area (Å²) in [6.45, 7) is 3.25. The van der Waals surface area contributed by atoms with Gasteiger partial charge in [0, 0.05) is 6.26 Å². The Hall–Kier alpha value is -0.580. The Bertz CT molecular complexity index is 263. The Morgan fingerprint density at radius 3 is 2.08 bits per heavy atom. The van der Waals surface area contributed by atoms with Gasteiger partial charge in [0.15, 0.2) is 0 Å². The van der Waals surface area contributed by atoms with Crippen LogP contribution in [0, 0.1) is 5.41 Å². The van der Waals surface area contributed by atoms with Crippen molar-refractivity contribution in [2.24, 2.45) is 5.41 Å². The maximum atomic E-state index is 10.8. The molecule has 12 heavy (non-hydrogen) atoms. The van der Waals surface area contributed by atoms with E-state index < -0.39 is 21.2 Å². The van der Waals surface area contributed by atoms with Crippen molar-refractivity contribution in [3.05, 3.63) is 0 Å². The van der Waals surface area contributed by atoms with Gasteiger partial charge >= 0.3 is 5.97 Å². The first-order chi connectivity index (χ1) is 5.12. The molecule has 0 aromatic carbocycles. The number of hydrogen-bond acceptors (Lipinski definition) is 3. The molecule has 0 heterocycles. The molecule has 0 bridgehead atoms. The van der Waals surface area contributed by atoms with Crippen LogP contribution in [0.4, 0.5) is 0 Å². The minimum Gasteiger partial charge on any atom is -0.481 e. The van der Waals surface area contributed by atoms with Gasteiger partial charge in [0.2, 0.25) is 0 Å². The van der Waals surface area contributed by atoms with Crippen molar-refractivity contribution in [3.63, 3.8) is 0 Å². The van der Waals surface area contributed by atoms with Gasteiger partial charge in [-0.1, -0.05) is 13.8 Å².